The second kappa shape index (κ2) is 7.61. The van der Waals surface area contributed by atoms with Crippen LogP contribution in [0.5, 0.6) is 0 Å². The lowest BCUT2D eigenvalue weighted by molar-refractivity contribution is -0.125. The van der Waals surface area contributed by atoms with Gasteiger partial charge in [0.2, 0.25) is 15.9 Å². The van der Waals surface area contributed by atoms with Gasteiger partial charge in [-0.05, 0) is 58.0 Å². The minimum atomic E-state index is -3.54. The van der Waals surface area contributed by atoms with E-state index < -0.39 is 15.4 Å². The molecule has 1 aliphatic rings. The number of nitrogens with one attached hydrogen (secondary N) is 3. The Hall–Kier alpha value is -1.15. The number of sulfonamides is 1. The number of hydrogen-bond donors (Lipinski definition) is 3. The highest BCUT2D eigenvalue weighted by molar-refractivity contribution is 7.89. The largest absolute Gasteiger partial charge is 0.326 e. The fraction of sp³-hybridized carbons (Fsp3) is 0.533. The van der Waals surface area contributed by atoms with Gasteiger partial charge >= 0.3 is 0 Å². The van der Waals surface area contributed by atoms with Crippen molar-refractivity contribution in [2.45, 2.75) is 31.6 Å². The number of amides is 1. The lowest BCUT2D eigenvalue weighted by Gasteiger charge is -2.32. The van der Waals surface area contributed by atoms with Gasteiger partial charge in [-0.1, -0.05) is 6.07 Å². The molecule has 1 saturated heterocycles. The number of carbonyl (C=O) groups excluding carboxylic acids is 1. The number of anilines is 1. The van der Waals surface area contributed by atoms with Crippen LogP contribution < -0.4 is 15.4 Å². The van der Waals surface area contributed by atoms with Gasteiger partial charge in [-0.15, -0.1) is 12.4 Å². The SMILES string of the molecule is CNS(=O)(=O)c1cc(NC(=O)C2(C)CCCNC2)ccc1C.Cl. The molecule has 0 radical (unpaired) electrons. The number of aryl methyl sites for hydroxylation is 1. The van der Waals surface area contributed by atoms with Gasteiger partial charge in [0.25, 0.3) is 0 Å². The summed E-state index contributed by atoms with van der Waals surface area (Å²) >= 11 is 0. The molecule has 23 heavy (non-hydrogen) atoms. The summed E-state index contributed by atoms with van der Waals surface area (Å²) in [5, 5.41) is 6.07. The number of benzene rings is 1. The van der Waals surface area contributed by atoms with Crippen LogP contribution in [0, 0.1) is 12.3 Å². The normalized spacial score (nSPS) is 21.3. The zero-order chi connectivity index (χ0) is 16.4. The number of carbonyl (C=O) groups is 1. The number of halogens is 1. The second-order valence-corrected chi connectivity index (χ2v) is 7.84. The number of rotatable bonds is 4. The van der Waals surface area contributed by atoms with Gasteiger partial charge in [0.1, 0.15) is 0 Å². The summed E-state index contributed by atoms with van der Waals surface area (Å²) in [6, 6.07) is 4.92. The molecule has 3 N–H and O–H groups in total. The number of piperidine rings is 1. The lowest BCUT2D eigenvalue weighted by Crippen LogP contribution is -2.46. The minimum absolute atomic E-state index is 0. The van der Waals surface area contributed by atoms with Crippen LogP contribution >= 0.6 is 12.4 Å². The fourth-order valence-corrected chi connectivity index (χ4v) is 3.60. The van der Waals surface area contributed by atoms with Crippen LogP contribution in [0.25, 0.3) is 0 Å². The highest BCUT2D eigenvalue weighted by Gasteiger charge is 2.34. The molecule has 1 aromatic rings. The van der Waals surface area contributed by atoms with E-state index in [-0.39, 0.29) is 23.2 Å². The van der Waals surface area contributed by atoms with E-state index >= 15 is 0 Å². The average Bonchev–Trinajstić information content (AvgIpc) is 2.49. The van der Waals surface area contributed by atoms with E-state index in [0.29, 0.717) is 17.8 Å². The van der Waals surface area contributed by atoms with Crippen molar-refractivity contribution in [3.8, 4) is 0 Å². The van der Waals surface area contributed by atoms with E-state index in [9.17, 15) is 13.2 Å². The molecule has 0 bridgehead atoms. The van der Waals surface area contributed by atoms with Crippen molar-refractivity contribution < 1.29 is 13.2 Å². The van der Waals surface area contributed by atoms with Crippen LogP contribution in [0.2, 0.25) is 0 Å². The van der Waals surface area contributed by atoms with Crippen LogP contribution in [-0.2, 0) is 14.8 Å². The first-order valence-electron chi connectivity index (χ1n) is 7.35. The first-order valence-corrected chi connectivity index (χ1v) is 8.83. The zero-order valence-electron chi connectivity index (χ0n) is 13.6. The van der Waals surface area contributed by atoms with Crippen LogP contribution in [0.15, 0.2) is 23.1 Å². The molecule has 6 nitrogen and oxygen atoms in total. The molecule has 8 heteroatoms. The predicted molar refractivity (Wildman–Crippen MR) is 93.5 cm³/mol. The third kappa shape index (κ3) is 4.44. The summed E-state index contributed by atoms with van der Waals surface area (Å²) in [5.74, 6) is -0.0867. The van der Waals surface area contributed by atoms with Crippen LogP contribution in [0.1, 0.15) is 25.3 Å². The van der Waals surface area contributed by atoms with Gasteiger partial charge < -0.3 is 10.6 Å². The van der Waals surface area contributed by atoms with Crippen LogP contribution in [0.3, 0.4) is 0 Å². The Morgan fingerprint density at radius 2 is 2.04 bits per heavy atom. The second-order valence-electron chi connectivity index (χ2n) is 5.98. The van der Waals surface area contributed by atoms with Gasteiger partial charge in [-0.2, -0.15) is 0 Å². The smallest absolute Gasteiger partial charge is 0.240 e. The Bertz CT molecular complexity index is 671. The maximum atomic E-state index is 12.5. The standard InChI is InChI=1S/C15H23N3O3S.ClH/c1-11-5-6-12(9-13(11)22(20,21)16-3)18-14(19)15(2)7-4-8-17-10-15;/h5-6,9,16-17H,4,7-8,10H2,1-3H3,(H,18,19);1H. The molecule has 1 unspecified atom stereocenters. The Balaban J connectivity index is 0.00000264. The predicted octanol–water partition coefficient (Wildman–Crippen LogP) is 1.65. The quantitative estimate of drug-likeness (QED) is 0.761. The van der Waals surface area contributed by atoms with Crippen molar-refractivity contribution in [2.24, 2.45) is 5.41 Å². The Labute approximate surface area is 143 Å². The summed E-state index contributed by atoms with van der Waals surface area (Å²) in [5.41, 5.74) is 0.666. The molecule has 1 aliphatic heterocycles. The van der Waals surface area contributed by atoms with Gasteiger partial charge in [0.15, 0.2) is 0 Å². The highest BCUT2D eigenvalue weighted by atomic mass is 35.5. The van der Waals surface area contributed by atoms with Gasteiger partial charge in [0.05, 0.1) is 10.3 Å². The van der Waals surface area contributed by atoms with Crippen molar-refractivity contribution in [3.05, 3.63) is 23.8 Å². The Kier molecular flexibility index (Phi) is 6.59. The van der Waals surface area contributed by atoms with Crippen molar-refractivity contribution in [1.82, 2.24) is 10.0 Å². The molecule has 1 aromatic carbocycles. The molecule has 2 rings (SSSR count). The van der Waals surface area contributed by atoms with E-state index in [1.54, 1.807) is 19.1 Å². The summed E-state index contributed by atoms with van der Waals surface area (Å²) < 4.78 is 26.3. The lowest BCUT2D eigenvalue weighted by atomic mass is 9.82. The van der Waals surface area contributed by atoms with Crippen LogP contribution in [0.4, 0.5) is 5.69 Å². The van der Waals surface area contributed by atoms with Gasteiger partial charge in [-0.3, -0.25) is 4.79 Å². The van der Waals surface area contributed by atoms with Crippen molar-refractivity contribution in [2.75, 3.05) is 25.5 Å². The summed E-state index contributed by atoms with van der Waals surface area (Å²) in [6.07, 6.45) is 1.77. The summed E-state index contributed by atoms with van der Waals surface area (Å²) in [4.78, 5) is 12.7. The third-order valence-electron chi connectivity index (χ3n) is 4.15. The minimum Gasteiger partial charge on any atom is -0.326 e. The molecular formula is C15H24ClN3O3S. The van der Waals surface area contributed by atoms with Crippen molar-refractivity contribution in [3.63, 3.8) is 0 Å². The first-order chi connectivity index (χ1) is 10.3. The molecule has 1 amide bonds. The number of hydrogen-bond acceptors (Lipinski definition) is 4. The Morgan fingerprint density at radius 3 is 2.61 bits per heavy atom. The third-order valence-corrected chi connectivity index (χ3v) is 5.71. The summed E-state index contributed by atoms with van der Waals surface area (Å²) in [6.45, 7) is 5.21. The van der Waals surface area contributed by atoms with E-state index in [0.717, 1.165) is 19.4 Å². The topological polar surface area (TPSA) is 87.3 Å². The van der Waals surface area contributed by atoms with Gasteiger partial charge in [0, 0.05) is 12.2 Å². The molecule has 0 saturated carbocycles. The van der Waals surface area contributed by atoms with Crippen LogP contribution in [-0.4, -0.2) is 34.5 Å². The fourth-order valence-electron chi connectivity index (χ4n) is 2.61. The molecule has 1 fully saturated rings. The maximum absolute atomic E-state index is 12.5. The highest BCUT2D eigenvalue weighted by Crippen LogP contribution is 2.28. The molecule has 0 aliphatic carbocycles. The maximum Gasteiger partial charge on any atom is 0.240 e. The molecule has 0 aromatic heterocycles. The van der Waals surface area contributed by atoms with Gasteiger partial charge in [-0.25, -0.2) is 13.1 Å². The molecule has 1 heterocycles. The Morgan fingerprint density at radius 1 is 1.35 bits per heavy atom. The van der Waals surface area contributed by atoms with Crippen molar-refractivity contribution >= 4 is 34.0 Å². The molecular weight excluding hydrogens is 338 g/mol. The molecule has 130 valence electrons. The molecule has 0 spiro atoms. The van der Waals surface area contributed by atoms with Crippen molar-refractivity contribution in [1.29, 1.82) is 0 Å². The molecule has 1 atom stereocenters. The zero-order valence-corrected chi connectivity index (χ0v) is 15.2. The van der Waals surface area contributed by atoms with E-state index in [1.165, 1.54) is 13.1 Å². The average molecular weight is 362 g/mol. The van der Waals surface area contributed by atoms with E-state index in [2.05, 4.69) is 15.4 Å². The van der Waals surface area contributed by atoms with E-state index in [4.69, 9.17) is 0 Å². The van der Waals surface area contributed by atoms with E-state index in [1.807, 2.05) is 6.92 Å². The monoisotopic (exact) mass is 361 g/mol. The first kappa shape index (κ1) is 19.9. The summed E-state index contributed by atoms with van der Waals surface area (Å²) in [7, 11) is -2.17.